The number of aliphatic hydroxyl groups excluding tert-OH is 1. The number of piperidine rings is 1. The predicted molar refractivity (Wildman–Crippen MR) is 171 cm³/mol. The van der Waals surface area contributed by atoms with Gasteiger partial charge < -0.3 is 9.84 Å². The molecular weight excluding hydrogens is 568 g/mol. The van der Waals surface area contributed by atoms with Crippen molar-refractivity contribution in [2.45, 2.75) is 108 Å². The fourth-order valence-electron chi connectivity index (χ4n) is 13.4. The summed E-state index contributed by atoms with van der Waals surface area (Å²) in [4.78, 5) is 2.63. The number of nitrogens with one attached hydrogen (secondary N) is 1. The number of hydrogen-bond acceptors (Lipinski definition) is 5. The maximum Gasteiger partial charge on any atom is 0.211 e. The van der Waals surface area contributed by atoms with E-state index in [9.17, 15) is 13.5 Å². The zero-order valence-corrected chi connectivity index (χ0v) is 27.5. The maximum absolute atomic E-state index is 12.9. The Kier molecular flexibility index (Phi) is 6.35. The smallest absolute Gasteiger partial charge is 0.211 e. The first kappa shape index (κ1) is 28.9. The molecule has 6 aliphatic carbocycles. The molecule has 9 rings (SSSR count). The molecular formula is C37H52N2O4S. The standard InChI is InChI=1S/C37H52N2O4S/c1-24-18-32-33(39(22-24)16-15-38-44(41,42)17-12-25-6-4-3-5-7-25)31-21-36-23-35(36)20-30-28(29(35)11-14-37(31,36)43-32)9-8-26-19-27(40)10-13-34(26,30)2/h3-8,24,27-33,38,40H,9-23H2,1-2H3/t24-,27-,28-,29-,30-,31+,32+,33-,34-,35?,36?,37+/m0/s1. The highest BCUT2D eigenvalue weighted by Gasteiger charge is 2.91. The molecule has 2 unspecified atom stereocenters. The van der Waals surface area contributed by atoms with E-state index in [0.717, 1.165) is 62.1 Å². The molecule has 2 aliphatic heterocycles. The zero-order valence-electron chi connectivity index (χ0n) is 26.7. The van der Waals surface area contributed by atoms with Gasteiger partial charge >= 0.3 is 0 Å². The molecule has 2 N–H and O–H groups in total. The average molecular weight is 621 g/mol. The first-order chi connectivity index (χ1) is 21.1. The van der Waals surface area contributed by atoms with Crippen LogP contribution >= 0.6 is 0 Å². The second-order valence-corrected chi connectivity index (χ2v) is 18.9. The highest BCUT2D eigenvalue weighted by atomic mass is 32.2. The van der Waals surface area contributed by atoms with E-state index in [1.54, 1.807) is 5.57 Å². The topological polar surface area (TPSA) is 78.9 Å². The first-order valence-corrected chi connectivity index (χ1v) is 19.6. The van der Waals surface area contributed by atoms with E-state index >= 15 is 0 Å². The Morgan fingerprint density at radius 2 is 1.93 bits per heavy atom. The summed E-state index contributed by atoms with van der Waals surface area (Å²) in [6, 6.07) is 10.3. The third kappa shape index (κ3) is 3.82. The number of rotatable bonds is 7. The molecule has 7 fully saturated rings. The lowest BCUT2D eigenvalue weighted by Crippen LogP contribution is -2.64. The van der Waals surface area contributed by atoms with Crippen molar-refractivity contribution in [3.05, 3.63) is 47.5 Å². The Morgan fingerprint density at radius 3 is 2.77 bits per heavy atom. The van der Waals surface area contributed by atoms with E-state index in [1.165, 1.54) is 38.5 Å². The molecule has 0 radical (unpaired) electrons. The molecule has 2 saturated heterocycles. The monoisotopic (exact) mass is 620 g/mol. The van der Waals surface area contributed by atoms with Crippen LogP contribution in [0.3, 0.4) is 0 Å². The number of likely N-dealkylation sites (tertiary alicyclic amines) is 1. The zero-order chi connectivity index (χ0) is 30.1. The van der Waals surface area contributed by atoms with E-state index < -0.39 is 10.0 Å². The van der Waals surface area contributed by atoms with Crippen LogP contribution < -0.4 is 4.72 Å². The number of aryl methyl sites for hydroxylation is 1. The van der Waals surface area contributed by atoms with Crippen molar-refractivity contribution < 1.29 is 18.3 Å². The van der Waals surface area contributed by atoms with Gasteiger partial charge in [0, 0.05) is 37.0 Å². The van der Waals surface area contributed by atoms with Crippen LogP contribution in [0.1, 0.15) is 83.6 Å². The van der Waals surface area contributed by atoms with E-state index in [0.29, 0.717) is 53.2 Å². The minimum atomic E-state index is -3.31. The summed E-state index contributed by atoms with van der Waals surface area (Å²) >= 11 is 0. The van der Waals surface area contributed by atoms with E-state index in [-0.39, 0.29) is 17.5 Å². The van der Waals surface area contributed by atoms with Crippen LogP contribution in [0.2, 0.25) is 0 Å². The molecule has 8 aliphatic rings. The van der Waals surface area contributed by atoms with Gasteiger partial charge in [-0.3, -0.25) is 4.90 Å². The van der Waals surface area contributed by atoms with Gasteiger partial charge in [0.15, 0.2) is 0 Å². The van der Waals surface area contributed by atoms with Crippen molar-refractivity contribution >= 4 is 10.0 Å². The molecule has 44 heavy (non-hydrogen) atoms. The number of hydrogen-bond donors (Lipinski definition) is 2. The number of aliphatic hydroxyl groups is 1. The Labute approximate surface area is 264 Å². The van der Waals surface area contributed by atoms with Crippen LogP contribution in [0.25, 0.3) is 0 Å². The number of allylic oxidation sites excluding steroid dienone is 1. The lowest BCUT2D eigenvalue weighted by atomic mass is 9.47. The van der Waals surface area contributed by atoms with E-state index in [2.05, 4.69) is 29.5 Å². The number of sulfonamides is 1. The molecule has 7 heteroatoms. The number of nitrogens with zero attached hydrogens (tertiary/aromatic N) is 1. The van der Waals surface area contributed by atoms with Crippen molar-refractivity contribution in [1.82, 2.24) is 9.62 Å². The molecule has 1 aromatic rings. The summed E-state index contributed by atoms with van der Waals surface area (Å²) < 4.78 is 36.1. The minimum absolute atomic E-state index is 0.0593. The van der Waals surface area contributed by atoms with Crippen LogP contribution in [0.5, 0.6) is 0 Å². The summed E-state index contributed by atoms with van der Waals surface area (Å²) in [6.45, 7) is 7.21. The lowest BCUT2D eigenvalue weighted by molar-refractivity contribution is -0.211. The highest BCUT2D eigenvalue weighted by molar-refractivity contribution is 7.89. The Morgan fingerprint density at radius 1 is 1.09 bits per heavy atom. The summed E-state index contributed by atoms with van der Waals surface area (Å²) in [5, 5.41) is 10.5. The van der Waals surface area contributed by atoms with Crippen LogP contribution in [0.15, 0.2) is 42.0 Å². The summed E-state index contributed by atoms with van der Waals surface area (Å²) in [5.74, 6) is 3.77. The Bertz CT molecular complexity index is 1460. The normalized spacial score (nSPS) is 50.1. The fourth-order valence-corrected chi connectivity index (χ4v) is 14.5. The van der Waals surface area contributed by atoms with Gasteiger partial charge in [-0.1, -0.05) is 55.8 Å². The molecule has 12 atom stereocenters. The maximum atomic E-state index is 12.9. The molecule has 2 heterocycles. The third-order valence-corrected chi connectivity index (χ3v) is 16.6. The van der Waals surface area contributed by atoms with Gasteiger partial charge in [-0.15, -0.1) is 0 Å². The Hall–Kier alpha value is -1.25. The highest BCUT2D eigenvalue weighted by Crippen LogP contribution is 2.93. The molecule has 0 amide bonds. The second-order valence-electron chi connectivity index (χ2n) is 16.9. The fraction of sp³-hybridized carbons (Fsp3) is 0.784. The van der Waals surface area contributed by atoms with Gasteiger partial charge in [-0.05, 0) is 111 Å². The number of ether oxygens (including phenoxy) is 1. The van der Waals surface area contributed by atoms with Gasteiger partial charge in [0.2, 0.25) is 10.0 Å². The summed E-state index contributed by atoms with van der Waals surface area (Å²) in [7, 11) is -3.31. The van der Waals surface area contributed by atoms with Crippen molar-refractivity contribution in [1.29, 1.82) is 0 Å². The number of benzene rings is 1. The quantitative estimate of drug-likeness (QED) is 0.404. The van der Waals surface area contributed by atoms with Crippen molar-refractivity contribution in [3.63, 3.8) is 0 Å². The van der Waals surface area contributed by atoms with Crippen molar-refractivity contribution in [2.75, 3.05) is 25.4 Å². The lowest BCUT2D eigenvalue weighted by Gasteiger charge is -2.60. The molecule has 3 spiro atoms. The first-order valence-electron chi connectivity index (χ1n) is 17.9. The average Bonchev–Trinajstić information content (AvgIpc) is 3.48. The summed E-state index contributed by atoms with van der Waals surface area (Å²) in [5.41, 5.74) is 3.87. The van der Waals surface area contributed by atoms with Gasteiger partial charge in [0.1, 0.15) is 0 Å². The second kappa shape index (κ2) is 9.65. The van der Waals surface area contributed by atoms with E-state index in [1.807, 2.05) is 30.3 Å². The van der Waals surface area contributed by atoms with Crippen LogP contribution in [0, 0.1) is 45.8 Å². The number of fused-ring (bicyclic) bond motifs is 6. The third-order valence-electron chi connectivity index (χ3n) is 15.2. The predicted octanol–water partition coefficient (Wildman–Crippen LogP) is 5.32. The molecule has 0 aromatic heterocycles. The van der Waals surface area contributed by atoms with Crippen LogP contribution in [-0.4, -0.2) is 67.7 Å². The Balaban J connectivity index is 0.898. The molecule has 0 bridgehead atoms. The molecule has 6 nitrogen and oxygen atoms in total. The molecule has 5 saturated carbocycles. The van der Waals surface area contributed by atoms with Crippen molar-refractivity contribution in [3.8, 4) is 0 Å². The molecule has 240 valence electrons. The van der Waals surface area contributed by atoms with Gasteiger partial charge in [0.25, 0.3) is 0 Å². The van der Waals surface area contributed by atoms with Crippen LogP contribution in [-0.2, 0) is 21.2 Å². The SMILES string of the molecule is C[C@H]1C[C@H]2O[C@@]34CC[C@H]5[C@@H]6CC=C7C[C@@H](O)CC[C@]7(C)[C@H]6CC56CC63C[C@@H]4[C@@H]2N(CCNS(=O)(=O)CCc2ccccc2)C1. The van der Waals surface area contributed by atoms with Gasteiger partial charge in [0.05, 0.1) is 23.6 Å². The van der Waals surface area contributed by atoms with Crippen molar-refractivity contribution in [2.24, 2.45) is 45.8 Å². The minimum Gasteiger partial charge on any atom is -0.393 e. The molecule has 1 aromatic carbocycles. The van der Waals surface area contributed by atoms with Gasteiger partial charge in [-0.25, -0.2) is 13.1 Å². The largest absolute Gasteiger partial charge is 0.393 e. The summed E-state index contributed by atoms with van der Waals surface area (Å²) in [6.07, 6.45) is 15.4. The van der Waals surface area contributed by atoms with E-state index in [4.69, 9.17) is 4.74 Å². The van der Waals surface area contributed by atoms with Gasteiger partial charge in [-0.2, -0.15) is 0 Å². The van der Waals surface area contributed by atoms with Crippen LogP contribution in [0.4, 0.5) is 0 Å².